The molecule has 0 bridgehead atoms. The van der Waals surface area contributed by atoms with Gasteiger partial charge in [-0.2, -0.15) is 0 Å². The fourth-order valence-corrected chi connectivity index (χ4v) is 2.99. The van der Waals surface area contributed by atoms with E-state index in [0.29, 0.717) is 6.54 Å². The Hall–Kier alpha value is -2.49. The number of hydrogen-bond acceptors (Lipinski definition) is 3. The average Bonchev–Trinajstić information content (AvgIpc) is 2.96. The summed E-state index contributed by atoms with van der Waals surface area (Å²) in [5.41, 5.74) is 0.859. The van der Waals surface area contributed by atoms with Crippen molar-refractivity contribution in [2.75, 3.05) is 7.05 Å². The van der Waals surface area contributed by atoms with Gasteiger partial charge in [0.25, 0.3) is 0 Å². The molecule has 2 atom stereocenters. The molecule has 112 valence electrons. The first-order valence-corrected chi connectivity index (χ1v) is 7.48. The summed E-state index contributed by atoms with van der Waals surface area (Å²) in [5.74, 6) is 2.16. The smallest absolute Gasteiger partial charge is 0.226 e. The number of rotatable bonds is 4. The number of hydrogen-bond donors (Lipinski definition) is 0. The molecule has 1 aromatic carbocycles. The van der Waals surface area contributed by atoms with E-state index < -0.39 is 0 Å². The van der Waals surface area contributed by atoms with E-state index >= 15 is 0 Å². The Labute approximate surface area is 128 Å². The molecular weight excluding hydrogens is 278 g/mol. The van der Waals surface area contributed by atoms with E-state index in [-0.39, 0.29) is 17.7 Å². The largest absolute Gasteiger partial charge is 0.469 e. The van der Waals surface area contributed by atoms with E-state index in [1.54, 1.807) is 11.2 Å². The van der Waals surface area contributed by atoms with Gasteiger partial charge in [-0.05, 0) is 30.7 Å². The van der Waals surface area contributed by atoms with Crippen LogP contribution >= 0.6 is 0 Å². The molecule has 2 aromatic heterocycles. The third-order valence-electron chi connectivity index (χ3n) is 4.26. The van der Waals surface area contributed by atoms with Crippen molar-refractivity contribution >= 4 is 16.9 Å². The van der Waals surface area contributed by atoms with E-state index in [4.69, 9.17) is 8.83 Å². The SMILES string of the molecule is CN(Cc1cc2ccccc2o1)C(=O)[C@@H]1C[C@H]1c1ccco1. The summed E-state index contributed by atoms with van der Waals surface area (Å²) >= 11 is 0. The maximum Gasteiger partial charge on any atom is 0.226 e. The van der Waals surface area contributed by atoms with Crippen molar-refractivity contribution in [1.82, 2.24) is 4.90 Å². The molecule has 0 spiro atoms. The lowest BCUT2D eigenvalue weighted by atomic mass is 10.2. The van der Waals surface area contributed by atoms with Crippen molar-refractivity contribution in [3.8, 4) is 0 Å². The lowest BCUT2D eigenvalue weighted by molar-refractivity contribution is -0.132. The van der Waals surface area contributed by atoms with Crippen LogP contribution in [-0.2, 0) is 11.3 Å². The number of carbonyl (C=O) groups excluding carboxylic acids is 1. The van der Waals surface area contributed by atoms with E-state index in [2.05, 4.69) is 0 Å². The van der Waals surface area contributed by atoms with Gasteiger partial charge in [0.1, 0.15) is 17.1 Å². The molecule has 2 heterocycles. The number of nitrogens with zero attached hydrogens (tertiary/aromatic N) is 1. The fourth-order valence-electron chi connectivity index (χ4n) is 2.99. The number of fused-ring (bicyclic) bond motifs is 1. The van der Waals surface area contributed by atoms with E-state index in [1.807, 2.05) is 49.5 Å². The minimum Gasteiger partial charge on any atom is -0.469 e. The zero-order valence-electron chi connectivity index (χ0n) is 12.4. The van der Waals surface area contributed by atoms with Gasteiger partial charge in [-0.15, -0.1) is 0 Å². The van der Waals surface area contributed by atoms with Crippen LogP contribution in [0.5, 0.6) is 0 Å². The molecule has 1 aliphatic rings. The highest BCUT2D eigenvalue weighted by Crippen LogP contribution is 2.48. The van der Waals surface area contributed by atoms with Crippen LogP contribution in [0.4, 0.5) is 0 Å². The summed E-state index contributed by atoms with van der Waals surface area (Å²) in [4.78, 5) is 14.2. The molecule has 4 heteroatoms. The quantitative estimate of drug-likeness (QED) is 0.735. The van der Waals surface area contributed by atoms with Gasteiger partial charge in [-0.1, -0.05) is 18.2 Å². The zero-order valence-corrected chi connectivity index (χ0v) is 12.4. The van der Waals surface area contributed by atoms with Gasteiger partial charge in [0, 0.05) is 24.3 Å². The molecule has 4 nitrogen and oxygen atoms in total. The second-order valence-corrected chi connectivity index (χ2v) is 5.91. The van der Waals surface area contributed by atoms with E-state index in [9.17, 15) is 4.79 Å². The van der Waals surface area contributed by atoms with Crippen molar-refractivity contribution in [2.24, 2.45) is 5.92 Å². The summed E-state index contributed by atoms with van der Waals surface area (Å²) in [6, 6.07) is 13.7. The van der Waals surface area contributed by atoms with Crippen molar-refractivity contribution in [1.29, 1.82) is 0 Å². The monoisotopic (exact) mass is 295 g/mol. The minimum absolute atomic E-state index is 0.0422. The van der Waals surface area contributed by atoms with Crippen LogP contribution in [0.15, 0.2) is 57.6 Å². The van der Waals surface area contributed by atoms with Crippen LogP contribution in [-0.4, -0.2) is 17.9 Å². The van der Waals surface area contributed by atoms with Gasteiger partial charge in [0.2, 0.25) is 5.91 Å². The Bertz CT molecular complexity index is 770. The Morgan fingerprint density at radius 2 is 2.14 bits per heavy atom. The van der Waals surface area contributed by atoms with Gasteiger partial charge >= 0.3 is 0 Å². The van der Waals surface area contributed by atoms with Gasteiger partial charge in [-0.25, -0.2) is 0 Å². The highest BCUT2D eigenvalue weighted by molar-refractivity contribution is 5.83. The first-order valence-electron chi connectivity index (χ1n) is 7.48. The summed E-state index contributed by atoms with van der Waals surface area (Å²) in [6.07, 6.45) is 2.53. The second-order valence-electron chi connectivity index (χ2n) is 5.91. The molecule has 1 fully saturated rings. The molecule has 0 radical (unpaired) electrons. The third-order valence-corrected chi connectivity index (χ3v) is 4.26. The summed E-state index contributed by atoms with van der Waals surface area (Å²) < 4.78 is 11.2. The molecule has 0 unspecified atom stereocenters. The van der Waals surface area contributed by atoms with Crippen LogP contribution < -0.4 is 0 Å². The molecule has 1 amide bonds. The molecular formula is C18H17NO3. The van der Waals surface area contributed by atoms with Gasteiger partial charge in [0.05, 0.1) is 12.8 Å². The van der Waals surface area contributed by atoms with Crippen LogP contribution in [0.1, 0.15) is 23.9 Å². The number of para-hydroxylation sites is 1. The molecule has 0 N–H and O–H groups in total. The van der Waals surface area contributed by atoms with E-state index in [0.717, 1.165) is 28.9 Å². The molecule has 1 saturated carbocycles. The standard InChI is InChI=1S/C18H17NO3/c1-19(11-13-9-12-5-2-3-6-16(12)22-13)18(20)15-10-14(15)17-7-4-8-21-17/h2-9,14-15H,10-11H2,1H3/t14-,15-/m1/s1. The number of benzene rings is 1. The molecule has 0 saturated heterocycles. The number of amides is 1. The van der Waals surface area contributed by atoms with Crippen LogP contribution in [0.3, 0.4) is 0 Å². The molecule has 1 aliphatic carbocycles. The first kappa shape index (κ1) is 13.2. The topological polar surface area (TPSA) is 46.6 Å². The van der Waals surface area contributed by atoms with Gasteiger partial charge < -0.3 is 13.7 Å². The average molecular weight is 295 g/mol. The highest BCUT2D eigenvalue weighted by atomic mass is 16.3. The minimum atomic E-state index is 0.0422. The van der Waals surface area contributed by atoms with Crippen LogP contribution in [0.25, 0.3) is 11.0 Å². The summed E-state index contributed by atoms with van der Waals surface area (Å²) in [6.45, 7) is 0.495. The lowest BCUT2D eigenvalue weighted by Crippen LogP contribution is -2.27. The lowest BCUT2D eigenvalue weighted by Gasteiger charge is -2.15. The van der Waals surface area contributed by atoms with Crippen LogP contribution in [0.2, 0.25) is 0 Å². The number of carbonyl (C=O) groups is 1. The van der Waals surface area contributed by atoms with Gasteiger partial charge in [0.15, 0.2) is 0 Å². The maximum absolute atomic E-state index is 12.5. The highest BCUT2D eigenvalue weighted by Gasteiger charge is 2.47. The predicted molar refractivity (Wildman–Crippen MR) is 82.2 cm³/mol. The van der Waals surface area contributed by atoms with Crippen molar-refractivity contribution in [2.45, 2.75) is 18.9 Å². The molecule has 4 rings (SSSR count). The Morgan fingerprint density at radius 3 is 2.91 bits per heavy atom. The first-order chi connectivity index (χ1) is 10.7. The summed E-state index contributed by atoms with van der Waals surface area (Å²) in [7, 11) is 1.83. The normalized spacial score (nSPS) is 20.2. The molecule has 3 aromatic rings. The Morgan fingerprint density at radius 1 is 1.27 bits per heavy atom. The van der Waals surface area contributed by atoms with E-state index in [1.165, 1.54) is 0 Å². The fraction of sp³-hybridized carbons (Fsp3) is 0.278. The van der Waals surface area contributed by atoms with Crippen molar-refractivity contribution < 1.29 is 13.6 Å². The number of furan rings is 2. The van der Waals surface area contributed by atoms with Crippen molar-refractivity contribution in [3.63, 3.8) is 0 Å². The Balaban J connectivity index is 1.44. The maximum atomic E-state index is 12.5. The predicted octanol–water partition coefficient (Wildman–Crippen LogP) is 3.79. The third kappa shape index (κ3) is 2.30. The Kier molecular flexibility index (Phi) is 3.03. The molecule has 22 heavy (non-hydrogen) atoms. The van der Waals surface area contributed by atoms with Crippen LogP contribution in [0, 0.1) is 5.92 Å². The van der Waals surface area contributed by atoms with Crippen molar-refractivity contribution in [3.05, 3.63) is 60.2 Å². The molecule has 0 aliphatic heterocycles. The zero-order chi connectivity index (χ0) is 15.1. The summed E-state index contributed by atoms with van der Waals surface area (Å²) in [5, 5.41) is 1.07. The van der Waals surface area contributed by atoms with Gasteiger partial charge in [-0.3, -0.25) is 4.79 Å². The second kappa shape index (κ2) is 5.05.